The second-order valence-corrected chi connectivity index (χ2v) is 22.0. The first kappa shape index (κ1) is 59.9. The van der Waals surface area contributed by atoms with Crippen LogP contribution in [0.5, 0.6) is 0 Å². The summed E-state index contributed by atoms with van der Waals surface area (Å²) in [5.41, 5.74) is 2.57. The molecule has 3 heterocycles. The Morgan fingerprint density at radius 3 is 2.26 bits per heavy atom. The van der Waals surface area contributed by atoms with Crippen LogP contribution in [-0.4, -0.2) is 139 Å². The number of ether oxygens (including phenoxy) is 5. The maximum absolute atomic E-state index is 14.6. The molecule has 5 rings (SSSR count). The van der Waals surface area contributed by atoms with E-state index in [9.17, 15) is 34.5 Å². The molecule has 14 nitrogen and oxygen atoms in total. The van der Waals surface area contributed by atoms with Crippen LogP contribution in [0.3, 0.4) is 0 Å². The summed E-state index contributed by atoms with van der Waals surface area (Å²) >= 11 is 0. The first-order valence-electron chi connectivity index (χ1n) is 27.2. The second-order valence-electron chi connectivity index (χ2n) is 22.0. The first-order chi connectivity index (χ1) is 34.8. The molecule has 1 aliphatic carbocycles. The number of esters is 1. The molecule has 408 valence electrons. The highest BCUT2D eigenvalue weighted by molar-refractivity contribution is 6.39. The molecule has 1 amide bonds. The van der Waals surface area contributed by atoms with Crippen LogP contribution in [0.2, 0.25) is 0 Å². The fourth-order valence-electron chi connectivity index (χ4n) is 11.7. The van der Waals surface area contributed by atoms with Crippen molar-refractivity contribution in [2.45, 2.75) is 186 Å². The van der Waals surface area contributed by atoms with Crippen LogP contribution in [0.25, 0.3) is 0 Å². The van der Waals surface area contributed by atoms with E-state index in [0.717, 1.165) is 17.7 Å². The quantitative estimate of drug-likeness (QED) is 0.115. The minimum absolute atomic E-state index is 0.0434. The van der Waals surface area contributed by atoms with Gasteiger partial charge in [-0.2, -0.15) is 0 Å². The molecule has 2 unspecified atom stereocenters. The molecule has 15 atom stereocenters. The Balaban J connectivity index is 1.52. The van der Waals surface area contributed by atoms with Crippen molar-refractivity contribution in [3.8, 4) is 0 Å². The van der Waals surface area contributed by atoms with Crippen molar-refractivity contribution in [3.05, 3.63) is 77.9 Å². The molecule has 0 radical (unpaired) electrons. The lowest BCUT2D eigenvalue weighted by Gasteiger charge is -2.44. The number of allylic oxidation sites excluding steroid dienone is 6. The number of aliphatic hydroxyl groups is 3. The topological polar surface area (TPSA) is 182 Å². The summed E-state index contributed by atoms with van der Waals surface area (Å²) in [5, 5.41) is 34.5. The number of rotatable bonds is 10. The molecule has 14 heteroatoms. The Bertz CT molecular complexity index is 2060. The molecule has 73 heavy (non-hydrogen) atoms. The van der Waals surface area contributed by atoms with E-state index in [1.165, 1.54) is 12.0 Å². The van der Waals surface area contributed by atoms with E-state index in [1.54, 1.807) is 28.1 Å². The number of hydrogen-bond acceptors (Lipinski definition) is 13. The Kier molecular flexibility index (Phi) is 23.6. The average Bonchev–Trinajstić information content (AvgIpc) is 3.38. The number of methoxy groups -OCH3 is 3. The lowest BCUT2D eigenvalue weighted by molar-refractivity contribution is -0.263. The third kappa shape index (κ3) is 16.2. The van der Waals surface area contributed by atoms with Gasteiger partial charge in [0.2, 0.25) is 5.79 Å². The van der Waals surface area contributed by atoms with E-state index < -0.39 is 65.9 Å². The lowest BCUT2D eigenvalue weighted by Crippen LogP contribution is -2.61. The number of anilines is 1. The monoisotopic (exact) mass is 1020 g/mol. The molecule has 2 saturated heterocycles. The van der Waals surface area contributed by atoms with E-state index in [2.05, 4.69) is 24.8 Å². The summed E-state index contributed by atoms with van der Waals surface area (Å²) in [6, 6.07) is 8.68. The normalized spacial score (nSPS) is 37.2. The summed E-state index contributed by atoms with van der Waals surface area (Å²) in [6.45, 7) is 14.7. The molecule has 1 aromatic rings. The average molecular weight is 1020 g/mol. The third-order valence-electron chi connectivity index (χ3n) is 16.3. The van der Waals surface area contributed by atoms with Gasteiger partial charge in [0.05, 0.1) is 31.0 Å². The molecule has 4 aliphatic rings. The van der Waals surface area contributed by atoms with Gasteiger partial charge in [0, 0.05) is 51.9 Å². The number of para-hydroxylation sites is 1. The highest BCUT2D eigenvalue weighted by Gasteiger charge is 2.53. The van der Waals surface area contributed by atoms with Crippen molar-refractivity contribution in [2.75, 3.05) is 45.9 Å². The van der Waals surface area contributed by atoms with E-state index in [-0.39, 0.29) is 54.1 Å². The van der Waals surface area contributed by atoms with Gasteiger partial charge in [-0.25, -0.2) is 4.79 Å². The SMILES string of the molecule is COCCN(c1ccccc1)[C@H]1CC2CC[C@@H](C)[C@@](O)(O2)C(=O)C(=O)N2CCCC[C@H]2C(=O)O[C@H]([C@H](C)CC2CC[C@@H](O)[C@H](OC)C2)CC[C@H](C)/C=C(\C)[C@@H](O)[C@@H](OC)C(=O)[C@H](C)C[C@H](C)/C=C/C=C/C=C/1C. The van der Waals surface area contributed by atoms with Crippen molar-refractivity contribution >= 4 is 29.1 Å². The number of nitrogens with zero attached hydrogens (tertiary/aromatic N) is 2. The van der Waals surface area contributed by atoms with Gasteiger partial charge in [-0.3, -0.25) is 14.4 Å². The molecule has 1 aromatic carbocycles. The Hall–Kier alpha value is -4.02. The van der Waals surface area contributed by atoms with Gasteiger partial charge in [0.15, 0.2) is 5.78 Å². The van der Waals surface area contributed by atoms with Crippen molar-refractivity contribution < 1.29 is 58.2 Å². The fourth-order valence-corrected chi connectivity index (χ4v) is 11.7. The summed E-state index contributed by atoms with van der Waals surface area (Å²) in [6.07, 6.45) is 15.0. The van der Waals surface area contributed by atoms with E-state index in [1.807, 2.05) is 81.5 Å². The van der Waals surface area contributed by atoms with Crippen LogP contribution >= 0.6 is 0 Å². The molecule has 0 spiro atoms. The smallest absolute Gasteiger partial charge is 0.329 e. The number of benzene rings is 1. The largest absolute Gasteiger partial charge is 0.461 e. The predicted octanol–water partition coefficient (Wildman–Crippen LogP) is 8.51. The maximum atomic E-state index is 14.6. The lowest BCUT2D eigenvalue weighted by atomic mass is 9.78. The fraction of sp³-hybridized carbons (Fsp3) is 0.695. The number of ketones is 2. The number of cyclic esters (lactones) is 1. The molecule has 3 fully saturated rings. The number of carbonyl (C=O) groups is 4. The van der Waals surface area contributed by atoms with Gasteiger partial charge in [-0.05, 0) is 139 Å². The van der Waals surface area contributed by atoms with Gasteiger partial charge in [0.1, 0.15) is 24.4 Å². The van der Waals surface area contributed by atoms with Crippen LogP contribution in [0, 0.1) is 35.5 Å². The molecular weight excluding hydrogens is 929 g/mol. The number of amides is 1. The first-order valence-corrected chi connectivity index (χ1v) is 27.2. The van der Waals surface area contributed by atoms with Crippen LogP contribution < -0.4 is 4.90 Å². The molecule has 3 aliphatic heterocycles. The standard InChI is InChI=1S/C59H90N2O12/c1-38-19-13-11-14-20-40(3)49(60(31-32-69-8)46-21-15-12-16-22-46)37-47-27-25-44(7)59(68,73-47)56(65)57(66)61-30-18-17-23-48(61)58(67)72-51(41(4)35-45-26-28-50(62)52(36-45)70-9)29-24-39(2)34-43(6)54(64)55(71-10)53(63)42(5)33-38/h11-16,19-22,34,38-39,41-42,44-45,47-52,54-55,62,64,68H,17-18,23-33,35-37H2,1-10H3/b14-11+,19-13+,40-20+,43-34+/t38-,39+,41-,42-,44-,45?,47?,48+,49+,50-,51+,52-,54-,55+,59-/m1/s1. The molecule has 2 bridgehead atoms. The Morgan fingerprint density at radius 2 is 1.56 bits per heavy atom. The number of carbonyl (C=O) groups excluding carboxylic acids is 4. The molecule has 1 saturated carbocycles. The van der Waals surface area contributed by atoms with Crippen LogP contribution in [0.15, 0.2) is 77.9 Å². The van der Waals surface area contributed by atoms with Crippen molar-refractivity contribution in [1.82, 2.24) is 4.90 Å². The Labute approximate surface area is 436 Å². The molecule has 0 aromatic heterocycles. The van der Waals surface area contributed by atoms with E-state index in [0.29, 0.717) is 95.8 Å². The minimum Gasteiger partial charge on any atom is -0.461 e. The van der Waals surface area contributed by atoms with Crippen molar-refractivity contribution in [3.63, 3.8) is 0 Å². The van der Waals surface area contributed by atoms with E-state index >= 15 is 0 Å². The third-order valence-corrected chi connectivity index (χ3v) is 16.3. The number of piperidine rings is 1. The number of aliphatic hydroxyl groups excluding tert-OH is 2. The summed E-state index contributed by atoms with van der Waals surface area (Å²) in [4.78, 5) is 61.2. The zero-order valence-electron chi connectivity index (χ0n) is 45.7. The molecular formula is C59H90N2O12. The van der Waals surface area contributed by atoms with Crippen molar-refractivity contribution in [2.24, 2.45) is 35.5 Å². The highest BCUT2D eigenvalue weighted by atomic mass is 16.6. The summed E-state index contributed by atoms with van der Waals surface area (Å²) < 4.78 is 29.9. The minimum atomic E-state index is -2.42. The zero-order chi connectivity index (χ0) is 53.4. The number of fused-ring (bicyclic) bond motifs is 3. The van der Waals surface area contributed by atoms with Crippen molar-refractivity contribution in [1.29, 1.82) is 0 Å². The van der Waals surface area contributed by atoms with Gasteiger partial charge < -0.3 is 48.8 Å². The van der Waals surface area contributed by atoms with Crippen LogP contribution in [0.1, 0.15) is 132 Å². The van der Waals surface area contributed by atoms with Gasteiger partial charge in [0.25, 0.3) is 11.7 Å². The maximum Gasteiger partial charge on any atom is 0.329 e. The van der Waals surface area contributed by atoms with Crippen LogP contribution in [-0.2, 0) is 42.9 Å². The summed E-state index contributed by atoms with van der Waals surface area (Å²) in [7, 11) is 4.72. The van der Waals surface area contributed by atoms with E-state index in [4.69, 9.17) is 23.7 Å². The van der Waals surface area contributed by atoms with Gasteiger partial charge in [-0.1, -0.05) is 94.8 Å². The van der Waals surface area contributed by atoms with Gasteiger partial charge in [-0.15, -0.1) is 0 Å². The predicted molar refractivity (Wildman–Crippen MR) is 283 cm³/mol. The Morgan fingerprint density at radius 1 is 0.822 bits per heavy atom. The van der Waals surface area contributed by atoms with Gasteiger partial charge >= 0.3 is 5.97 Å². The zero-order valence-corrected chi connectivity index (χ0v) is 45.7. The van der Waals surface area contributed by atoms with Crippen LogP contribution in [0.4, 0.5) is 5.69 Å². The summed E-state index contributed by atoms with van der Waals surface area (Å²) in [5.74, 6) is -6.25. The highest BCUT2D eigenvalue weighted by Crippen LogP contribution is 2.39. The molecule has 3 N–H and O–H groups in total. The number of hydrogen-bond donors (Lipinski definition) is 3. The number of Topliss-reactive ketones (excluding diaryl/α,β-unsaturated/α-hetero) is 2. The second kappa shape index (κ2) is 28.8.